The van der Waals surface area contributed by atoms with E-state index < -0.39 is 36.7 Å². The van der Waals surface area contributed by atoms with Crippen LogP contribution in [0.3, 0.4) is 0 Å². The summed E-state index contributed by atoms with van der Waals surface area (Å²) in [5.41, 5.74) is 0.198. The first kappa shape index (κ1) is 15.1. The minimum absolute atomic E-state index is 0.198. The van der Waals surface area contributed by atoms with E-state index in [1.54, 1.807) is 0 Å². The molecule has 2 unspecified atom stereocenters. The summed E-state index contributed by atoms with van der Waals surface area (Å²) in [6.07, 6.45) is -4.39. The molecule has 0 saturated carbocycles. The minimum atomic E-state index is -1.25. The van der Waals surface area contributed by atoms with Crippen molar-refractivity contribution in [1.29, 1.82) is 0 Å². The molecule has 0 radical (unpaired) electrons. The van der Waals surface area contributed by atoms with Gasteiger partial charge in [0.25, 0.3) is 0 Å². The minimum Gasteiger partial charge on any atom is -0.451 e. The molecule has 0 aliphatic carbocycles. The molecule has 6 heteroatoms. The number of aliphatic hydroxyl groups excluding tert-OH is 2. The van der Waals surface area contributed by atoms with E-state index in [1.807, 2.05) is 6.92 Å². The average molecular weight is 260 g/mol. The lowest BCUT2D eigenvalue weighted by atomic mass is 9.97. The lowest BCUT2D eigenvalue weighted by Crippen LogP contribution is -2.59. The predicted octanol–water partition coefficient (Wildman–Crippen LogP) is -0.0226. The van der Waals surface area contributed by atoms with Crippen LogP contribution >= 0.6 is 0 Å². The van der Waals surface area contributed by atoms with E-state index in [0.717, 1.165) is 0 Å². The molecule has 1 fully saturated rings. The van der Waals surface area contributed by atoms with Crippen molar-refractivity contribution in [1.82, 2.24) is 0 Å². The quantitative estimate of drug-likeness (QED) is 0.546. The number of esters is 1. The van der Waals surface area contributed by atoms with Gasteiger partial charge in [0.05, 0.1) is 6.10 Å². The van der Waals surface area contributed by atoms with Gasteiger partial charge >= 0.3 is 5.97 Å². The zero-order valence-electron chi connectivity index (χ0n) is 10.8. The van der Waals surface area contributed by atoms with Crippen LogP contribution in [0.5, 0.6) is 0 Å². The maximum Gasteiger partial charge on any atom is 0.333 e. The van der Waals surface area contributed by atoms with Crippen molar-refractivity contribution >= 4 is 5.97 Å². The highest BCUT2D eigenvalue weighted by Gasteiger charge is 2.46. The smallest absolute Gasteiger partial charge is 0.333 e. The molecule has 6 nitrogen and oxygen atoms in total. The summed E-state index contributed by atoms with van der Waals surface area (Å²) in [5.74, 6) is -0.660. The van der Waals surface area contributed by atoms with Crippen molar-refractivity contribution < 1.29 is 29.2 Å². The number of methoxy groups -OCH3 is 1. The van der Waals surface area contributed by atoms with Crippen molar-refractivity contribution in [3.8, 4) is 0 Å². The van der Waals surface area contributed by atoms with Crippen LogP contribution in [-0.4, -0.2) is 54.0 Å². The molecule has 2 N–H and O–H groups in total. The summed E-state index contributed by atoms with van der Waals surface area (Å²) in [6.45, 7) is 6.75. The molecule has 0 aromatic heterocycles. The van der Waals surface area contributed by atoms with Crippen LogP contribution in [0.25, 0.3) is 0 Å². The lowest BCUT2D eigenvalue weighted by Gasteiger charge is -2.41. The Morgan fingerprint density at radius 1 is 1.39 bits per heavy atom. The second kappa shape index (κ2) is 6.29. The Hall–Kier alpha value is -0.950. The second-order valence-corrected chi connectivity index (χ2v) is 4.32. The summed E-state index contributed by atoms with van der Waals surface area (Å²) in [6, 6.07) is 0. The predicted molar refractivity (Wildman–Crippen MR) is 62.7 cm³/mol. The number of carbonyl (C=O) groups excluding carboxylic acids is 1. The van der Waals surface area contributed by atoms with Crippen LogP contribution in [0.2, 0.25) is 0 Å². The van der Waals surface area contributed by atoms with Gasteiger partial charge in [-0.05, 0) is 13.3 Å². The molecule has 1 aliphatic heterocycles. The highest BCUT2D eigenvalue weighted by molar-refractivity contribution is 5.87. The highest BCUT2D eigenvalue weighted by atomic mass is 16.7. The molecule has 1 aliphatic rings. The van der Waals surface area contributed by atoms with Crippen LogP contribution in [0, 0.1) is 0 Å². The first-order valence-electron chi connectivity index (χ1n) is 5.83. The third-order valence-corrected chi connectivity index (χ3v) is 2.87. The normalized spacial score (nSPS) is 36.2. The van der Waals surface area contributed by atoms with E-state index in [-0.39, 0.29) is 5.57 Å². The topological polar surface area (TPSA) is 85.2 Å². The Balaban J connectivity index is 2.81. The Labute approximate surface area is 106 Å². The van der Waals surface area contributed by atoms with E-state index >= 15 is 0 Å². The Morgan fingerprint density at radius 2 is 2.00 bits per heavy atom. The van der Waals surface area contributed by atoms with Gasteiger partial charge in [0.1, 0.15) is 12.2 Å². The van der Waals surface area contributed by atoms with Crippen molar-refractivity contribution in [2.45, 2.75) is 51.0 Å². The Bertz CT molecular complexity index is 314. The van der Waals surface area contributed by atoms with E-state index in [0.29, 0.717) is 6.42 Å². The van der Waals surface area contributed by atoms with Gasteiger partial charge in [-0.3, -0.25) is 0 Å². The van der Waals surface area contributed by atoms with Crippen molar-refractivity contribution in [2.24, 2.45) is 0 Å². The second-order valence-electron chi connectivity index (χ2n) is 4.32. The third kappa shape index (κ3) is 3.08. The number of carbonyl (C=O) groups is 1. The van der Waals surface area contributed by atoms with E-state index in [2.05, 4.69) is 6.58 Å². The van der Waals surface area contributed by atoms with Gasteiger partial charge in [0, 0.05) is 12.7 Å². The molecule has 18 heavy (non-hydrogen) atoms. The molecule has 0 amide bonds. The largest absolute Gasteiger partial charge is 0.451 e. The van der Waals surface area contributed by atoms with E-state index in [4.69, 9.17) is 14.2 Å². The molecule has 104 valence electrons. The molecule has 0 bridgehead atoms. The molecule has 0 aromatic rings. The SMILES string of the molecule is C=C(C)C(=O)OC1[C@@H](OC)OC(CC)[C@@H](O)[C@H]1O. The molecular weight excluding hydrogens is 240 g/mol. The molecule has 1 heterocycles. The molecule has 1 rings (SSSR count). The van der Waals surface area contributed by atoms with Crippen LogP contribution in [0.15, 0.2) is 12.2 Å². The van der Waals surface area contributed by atoms with Gasteiger partial charge in [-0.25, -0.2) is 4.79 Å². The number of hydrogen-bond acceptors (Lipinski definition) is 6. The van der Waals surface area contributed by atoms with Gasteiger partial charge < -0.3 is 24.4 Å². The fourth-order valence-corrected chi connectivity index (χ4v) is 1.78. The van der Waals surface area contributed by atoms with Crippen LogP contribution in [-0.2, 0) is 19.0 Å². The summed E-state index contributed by atoms with van der Waals surface area (Å²) < 4.78 is 15.5. The van der Waals surface area contributed by atoms with Crippen LogP contribution in [0.4, 0.5) is 0 Å². The standard InChI is InChI=1S/C12H20O6/c1-5-7-8(13)9(14)10(12(16-4)17-7)18-11(15)6(2)3/h7-10,12-14H,2,5H2,1,3-4H3/t7?,8-,9-,10?,12+/m1/s1. The zero-order valence-corrected chi connectivity index (χ0v) is 10.8. The summed E-state index contributed by atoms with van der Waals surface area (Å²) >= 11 is 0. The van der Waals surface area contributed by atoms with Gasteiger partial charge in [-0.1, -0.05) is 13.5 Å². The fourth-order valence-electron chi connectivity index (χ4n) is 1.78. The first-order chi connectivity index (χ1) is 8.42. The number of hydrogen-bond donors (Lipinski definition) is 2. The summed E-state index contributed by atoms with van der Waals surface area (Å²) in [4.78, 5) is 11.5. The van der Waals surface area contributed by atoms with Crippen molar-refractivity contribution in [2.75, 3.05) is 7.11 Å². The average Bonchev–Trinajstić information content (AvgIpc) is 2.35. The van der Waals surface area contributed by atoms with Crippen LogP contribution < -0.4 is 0 Å². The first-order valence-corrected chi connectivity index (χ1v) is 5.83. The summed E-state index contributed by atoms with van der Waals surface area (Å²) in [7, 11) is 1.38. The fraction of sp³-hybridized carbons (Fsp3) is 0.750. The van der Waals surface area contributed by atoms with E-state index in [1.165, 1.54) is 14.0 Å². The molecular formula is C12H20O6. The zero-order chi connectivity index (χ0) is 13.9. The van der Waals surface area contributed by atoms with Gasteiger partial charge in [0.2, 0.25) is 0 Å². The lowest BCUT2D eigenvalue weighted by molar-refractivity contribution is -0.293. The van der Waals surface area contributed by atoms with Gasteiger partial charge in [-0.15, -0.1) is 0 Å². The maximum absolute atomic E-state index is 11.5. The number of aliphatic hydroxyl groups is 2. The maximum atomic E-state index is 11.5. The Morgan fingerprint density at radius 3 is 2.44 bits per heavy atom. The van der Waals surface area contributed by atoms with Gasteiger partial charge in [-0.2, -0.15) is 0 Å². The van der Waals surface area contributed by atoms with E-state index in [9.17, 15) is 15.0 Å². The molecule has 5 atom stereocenters. The van der Waals surface area contributed by atoms with Crippen molar-refractivity contribution in [3.05, 3.63) is 12.2 Å². The number of rotatable bonds is 4. The number of ether oxygens (including phenoxy) is 3. The molecule has 1 saturated heterocycles. The highest BCUT2D eigenvalue weighted by Crippen LogP contribution is 2.26. The summed E-state index contributed by atoms with van der Waals surface area (Å²) in [5, 5.41) is 19.8. The molecule has 0 spiro atoms. The van der Waals surface area contributed by atoms with Gasteiger partial charge in [0.15, 0.2) is 12.4 Å². The Kier molecular flexibility index (Phi) is 5.28. The third-order valence-electron chi connectivity index (χ3n) is 2.87. The van der Waals surface area contributed by atoms with Crippen molar-refractivity contribution in [3.63, 3.8) is 0 Å². The van der Waals surface area contributed by atoms with Crippen LogP contribution in [0.1, 0.15) is 20.3 Å². The molecule has 0 aromatic carbocycles. The monoisotopic (exact) mass is 260 g/mol.